The molecule has 0 aromatic heterocycles. The molecule has 0 bridgehead atoms. The first kappa shape index (κ1) is 26.4. The fraction of sp³-hybridized carbons (Fsp3) is 1.00. The molecule has 0 radical (unpaired) electrons. The van der Waals surface area contributed by atoms with Gasteiger partial charge in [0, 0.05) is 0 Å². The van der Waals surface area contributed by atoms with E-state index in [9.17, 15) is 9.67 Å². The number of rotatable bonds is 7. The molecular weight excluding hydrogens is 395 g/mol. The summed E-state index contributed by atoms with van der Waals surface area (Å²) in [6, 6.07) is 0. The van der Waals surface area contributed by atoms with Gasteiger partial charge in [-0.15, -0.1) is 0 Å². The summed E-state index contributed by atoms with van der Waals surface area (Å²) >= 11 is 0. The Balaban J connectivity index is 2.34. The maximum atomic E-state index is 14.4. The number of aliphatic hydroxyl groups is 1. The summed E-state index contributed by atoms with van der Waals surface area (Å²) < 4.78 is 27.3. The molecule has 0 spiro atoms. The van der Waals surface area contributed by atoms with Crippen LogP contribution in [0.5, 0.6) is 0 Å². The van der Waals surface area contributed by atoms with Crippen LogP contribution in [0, 0.1) is 40.9 Å². The van der Waals surface area contributed by atoms with E-state index in [-0.39, 0.29) is 12.2 Å². The Labute approximate surface area is 186 Å². The fourth-order valence-electron chi connectivity index (χ4n) is 5.46. The van der Waals surface area contributed by atoms with E-state index >= 15 is 0 Å². The third kappa shape index (κ3) is 6.56. The highest BCUT2D eigenvalue weighted by atomic mass is 31.2. The predicted octanol–water partition coefficient (Wildman–Crippen LogP) is 7.50. The molecule has 2 rings (SSSR count). The molecule has 0 saturated heterocycles. The van der Waals surface area contributed by atoms with Crippen LogP contribution in [0.15, 0.2) is 0 Å². The minimum Gasteiger partial charge on any atom is -0.380 e. The third-order valence-electron chi connectivity index (χ3n) is 7.56. The summed E-state index contributed by atoms with van der Waals surface area (Å²) in [5, 5.41) is 11.2. The fourth-order valence-corrected chi connectivity index (χ4v) is 7.93. The van der Waals surface area contributed by atoms with Crippen LogP contribution in [0.3, 0.4) is 0 Å². The topological polar surface area (TPSA) is 55.8 Å². The second-order valence-electron chi connectivity index (χ2n) is 12.2. The molecular formula is C25H49O4P. The minimum atomic E-state index is -3.72. The van der Waals surface area contributed by atoms with Crippen LogP contribution < -0.4 is 0 Å². The lowest BCUT2D eigenvalue weighted by molar-refractivity contribution is -0.0251. The van der Waals surface area contributed by atoms with Gasteiger partial charge in [0.25, 0.3) is 0 Å². The molecule has 2 aliphatic rings. The van der Waals surface area contributed by atoms with Crippen LogP contribution in [0.2, 0.25) is 0 Å². The third-order valence-corrected chi connectivity index (χ3v) is 10.1. The van der Waals surface area contributed by atoms with Crippen molar-refractivity contribution in [3.63, 3.8) is 0 Å². The Morgan fingerprint density at radius 1 is 0.800 bits per heavy atom. The lowest BCUT2D eigenvalue weighted by Crippen LogP contribution is -2.39. The largest absolute Gasteiger partial charge is 0.380 e. The van der Waals surface area contributed by atoms with Crippen LogP contribution in [0.25, 0.3) is 0 Å². The van der Waals surface area contributed by atoms with Crippen molar-refractivity contribution in [3.8, 4) is 0 Å². The molecule has 5 heteroatoms. The van der Waals surface area contributed by atoms with Gasteiger partial charge < -0.3 is 14.2 Å². The molecule has 0 amide bonds. The maximum absolute atomic E-state index is 14.4. The Morgan fingerprint density at radius 2 is 1.17 bits per heavy atom. The highest BCUT2D eigenvalue weighted by molar-refractivity contribution is 7.54. The molecule has 0 aliphatic heterocycles. The highest BCUT2D eigenvalue weighted by Crippen LogP contribution is 2.62. The molecule has 4 nitrogen and oxygen atoms in total. The Hall–Kier alpha value is 0.110. The normalized spacial score (nSPS) is 36.7. The molecule has 7 atom stereocenters. The van der Waals surface area contributed by atoms with Gasteiger partial charge in [0.2, 0.25) is 0 Å². The SMILES string of the molecule is CC1CCC(C(C)C)C(OP(=O)(OC2CC(C)CCC2C(C)C)C(O)C(C)(C)C)C1. The van der Waals surface area contributed by atoms with Gasteiger partial charge in [-0.3, -0.25) is 4.57 Å². The van der Waals surface area contributed by atoms with E-state index in [2.05, 4.69) is 41.5 Å². The van der Waals surface area contributed by atoms with E-state index in [0.717, 1.165) is 25.7 Å². The molecule has 0 aromatic rings. The number of hydrogen-bond acceptors (Lipinski definition) is 4. The maximum Gasteiger partial charge on any atom is 0.359 e. The second kappa shape index (κ2) is 10.4. The molecule has 0 heterocycles. The first-order chi connectivity index (χ1) is 13.7. The van der Waals surface area contributed by atoms with E-state index in [4.69, 9.17) is 9.05 Å². The zero-order valence-electron chi connectivity index (χ0n) is 21.1. The van der Waals surface area contributed by atoms with Crippen molar-refractivity contribution in [2.24, 2.45) is 40.9 Å². The first-order valence-electron chi connectivity index (χ1n) is 12.4. The van der Waals surface area contributed by atoms with Crippen molar-refractivity contribution in [1.29, 1.82) is 0 Å². The average Bonchev–Trinajstić information content (AvgIpc) is 2.59. The van der Waals surface area contributed by atoms with Crippen molar-refractivity contribution >= 4 is 7.60 Å². The highest BCUT2D eigenvalue weighted by Gasteiger charge is 2.49. The van der Waals surface area contributed by atoms with E-state index < -0.39 is 18.9 Å². The van der Waals surface area contributed by atoms with Crippen LogP contribution in [-0.4, -0.2) is 23.2 Å². The molecule has 2 aliphatic carbocycles. The van der Waals surface area contributed by atoms with Gasteiger partial charge in [0.05, 0.1) is 12.2 Å². The van der Waals surface area contributed by atoms with E-state index in [1.54, 1.807) is 0 Å². The van der Waals surface area contributed by atoms with E-state index in [1.165, 1.54) is 12.8 Å². The minimum absolute atomic E-state index is 0.116. The summed E-state index contributed by atoms with van der Waals surface area (Å²) in [5.74, 6) is 1.60. The van der Waals surface area contributed by atoms with Gasteiger partial charge in [-0.25, -0.2) is 0 Å². The summed E-state index contributed by atoms with van der Waals surface area (Å²) in [4.78, 5) is 0. The Kier molecular flexibility index (Phi) is 9.11. The molecule has 30 heavy (non-hydrogen) atoms. The molecule has 2 saturated carbocycles. The van der Waals surface area contributed by atoms with Gasteiger partial charge in [-0.2, -0.15) is 0 Å². The van der Waals surface area contributed by atoms with Crippen LogP contribution >= 0.6 is 7.60 Å². The monoisotopic (exact) mass is 444 g/mol. The van der Waals surface area contributed by atoms with Crippen molar-refractivity contribution in [1.82, 2.24) is 0 Å². The van der Waals surface area contributed by atoms with Gasteiger partial charge in [0.1, 0.15) is 0 Å². The summed E-state index contributed by atoms with van der Waals surface area (Å²) in [6.45, 7) is 19.1. The van der Waals surface area contributed by atoms with Gasteiger partial charge in [-0.05, 0) is 66.6 Å². The molecule has 2 fully saturated rings. The van der Waals surface area contributed by atoms with Gasteiger partial charge in [0.15, 0.2) is 5.85 Å². The van der Waals surface area contributed by atoms with Crippen molar-refractivity contribution in [2.45, 2.75) is 119 Å². The van der Waals surface area contributed by atoms with Crippen molar-refractivity contribution < 1.29 is 18.7 Å². The molecule has 178 valence electrons. The van der Waals surface area contributed by atoms with Crippen molar-refractivity contribution in [2.75, 3.05) is 0 Å². The summed E-state index contributed by atoms with van der Waals surface area (Å²) in [5.41, 5.74) is -0.573. The van der Waals surface area contributed by atoms with Crippen LogP contribution in [0.4, 0.5) is 0 Å². The zero-order valence-corrected chi connectivity index (χ0v) is 22.0. The Morgan fingerprint density at radius 3 is 1.47 bits per heavy atom. The van der Waals surface area contributed by atoms with E-state index in [1.807, 2.05) is 20.8 Å². The van der Waals surface area contributed by atoms with E-state index in [0.29, 0.717) is 35.5 Å². The second-order valence-corrected chi connectivity index (χ2v) is 14.2. The summed E-state index contributed by atoms with van der Waals surface area (Å²) in [6.07, 6.45) is 6.10. The Bertz CT molecular complexity index is 544. The summed E-state index contributed by atoms with van der Waals surface area (Å²) in [7, 11) is -3.72. The zero-order chi connectivity index (χ0) is 22.9. The predicted molar refractivity (Wildman–Crippen MR) is 126 cm³/mol. The lowest BCUT2D eigenvalue weighted by atomic mass is 9.75. The van der Waals surface area contributed by atoms with Gasteiger partial charge in [-0.1, -0.05) is 75.2 Å². The smallest absolute Gasteiger partial charge is 0.359 e. The van der Waals surface area contributed by atoms with Crippen LogP contribution in [0.1, 0.15) is 101 Å². The average molecular weight is 445 g/mol. The molecule has 7 unspecified atom stereocenters. The number of aliphatic hydroxyl groups excluding tert-OH is 1. The van der Waals surface area contributed by atoms with Crippen molar-refractivity contribution in [3.05, 3.63) is 0 Å². The van der Waals surface area contributed by atoms with Gasteiger partial charge >= 0.3 is 7.60 Å². The quantitative estimate of drug-likeness (QED) is 0.413. The first-order valence-corrected chi connectivity index (χ1v) is 14.0. The molecule has 1 N–H and O–H groups in total. The molecule has 0 aromatic carbocycles. The lowest BCUT2D eigenvalue weighted by Gasteiger charge is -2.44. The van der Waals surface area contributed by atoms with Crippen LogP contribution in [-0.2, 0) is 13.6 Å². The number of hydrogen-bond donors (Lipinski definition) is 1. The standard InChI is InChI=1S/C25H49O4P/c1-16(2)20-12-10-18(5)14-22(20)28-30(27,24(26)25(7,8)9)29-23-15-19(6)11-13-21(23)17(3)4/h16-24,26H,10-15H2,1-9H3.